The van der Waals surface area contributed by atoms with E-state index in [9.17, 15) is 0 Å². The molecule has 1 saturated heterocycles. The van der Waals surface area contributed by atoms with E-state index in [1.807, 2.05) is 0 Å². The molecule has 0 bridgehead atoms. The molecule has 0 aliphatic carbocycles. The number of fused-ring (bicyclic) bond motifs is 5. The molecule has 5 rings (SSSR count). The lowest BCUT2D eigenvalue weighted by Crippen LogP contribution is -2.41. The van der Waals surface area contributed by atoms with Crippen LogP contribution in [0, 0.1) is 13.8 Å². The summed E-state index contributed by atoms with van der Waals surface area (Å²) < 4.78 is 12.6. The maximum atomic E-state index is 6.31. The molecule has 0 unspecified atom stereocenters. The molecule has 1 heterocycles. The zero-order chi connectivity index (χ0) is 20.6. The molecule has 1 fully saturated rings. The average molecular weight is 382 g/mol. The van der Waals surface area contributed by atoms with Crippen molar-refractivity contribution in [2.45, 2.75) is 52.7 Å². The van der Waals surface area contributed by atoms with Crippen LogP contribution in [0.4, 0.5) is 0 Å². The molecule has 4 aromatic carbocycles. The first kappa shape index (κ1) is 18.7. The fourth-order valence-electron chi connectivity index (χ4n) is 4.51. The smallest absolute Gasteiger partial charge is 0.399 e. The van der Waals surface area contributed by atoms with Gasteiger partial charge >= 0.3 is 7.12 Å². The molecular weight excluding hydrogens is 355 g/mol. The molecule has 0 aromatic heterocycles. The number of rotatable bonds is 1. The van der Waals surface area contributed by atoms with Gasteiger partial charge in [0.05, 0.1) is 11.2 Å². The van der Waals surface area contributed by atoms with Gasteiger partial charge in [0.1, 0.15) is 0 Å². The van der Waals surface area contributed by atoms with Crippen LogP contribution < -0.4 is 5.46 Å². The number of benzene rings is 4. The summed E-state index contributed by atoms with van der Waals surface area (Å²) in [4.78, 5) is 0. The van der Waals surface area contributed by atoms with E-state index in [1.54, 1.807) is 0 Å². The molecule has 0 saturated carbocycles. The van der Waals surface area contributed by atoms with E-state index in [-0.39, 0.29) is 18.3 Å². The van der Waals surface area contributed by atoms with E-state index in [4.69, 9.17) is 9.31 Å². The number of hydrogen-bond donors (Lipinski definition) is 0. The summed E-state index contributed by atoms with van der Waals surface area (Å²) in [6.07, 6.45) is 0. The monoisotopic (exact) mass is 382 g/mol. The standard InChI is InChI=1S/C26H27BO2/c1-16-14-23-22(21-10-8-7-9-19(16)21)13-17(2)20-12-11-18(15-24(20)23)27-28-25(3,4)26(5,6)29-27/h7-15H,1-6H3. The van der Waals surface area contributed by atoms with E-state index < -0.39 is 0 Å². The molecule has 1 aliphatic heterocycles. The largest absolute Gasteiger partial charge is 0.494 e. The molecule has 0 atom stereocenters. The summed E-state index contributed by atoms with van der Waals surface area (Å²) in [5, 5.41) is 7.78. The zero-order valence-corrected chi connectivity index (χ0v) is 18.1. The third-order valence-electron chi connectivity index (χ3n) is 6.94. The molecule has 29 heavy (non-hydrogen) atoms. The van der Waals surface area contributed by atoms with Crippen LogP contribution in [0.1, 0.15) is 38.8 Å². The van der Waals surface area contributed by atoms with Crippen molar-refractivity contribution in [3.8, 4) is 0 Å². The molecule has 4 aromatic rings. The van der Waals surface area contributed by atoms with Gasteiger partial charge in [-0.3, -0.25) is 0 Å². The van der Waals surface area contributed by atoms with Crippen molar-refractivity contribution in [2.24, 2.45) is 0 Å². The lowest BCUT2D eigenvalue weighted by Gasteiger charge is -2.32. The van der Waals surface area contributed by atoms with Gasteiger partial charge in [0, 0.05) is 0 Å². The summed E-state index contributed by atoms with van der Waals surface area (Å²) in [6.45, 7) is 12.8. The summed E-state index contributed by atoms with van der Waals surface area (Å²) in [5.41, 5.74) is 3.00. The fraction of sp³-hybridized carbons (Fsp3) is 0.308. The molecule has 146 valence electrons. The average Bonchev–Trinajstić information content (AvgIpc) is 2.90. The summed E-state index contributed by atoms with van der Waals surface area (Å²) >= 11 is 0. The van der Waals surface area contributed by atoms with Crippen molar-refractivity contribution >= 4 is 44.9 Å². The van der Waals surface area contributed by atoms with Gasteiger partial charge in [0.2, 0.25) is 0 Å². The van der Waals surface area contributed by atoms with E-state index in [1.165, 1.54) is 43.4 Å². The Bertz CT molecular complexity index is 1270. The van der Waals surface area contributed by atoms with Crippen LogP contribution in [0.25, 0.3) is 32.3 Å². The quantitative estimate of drug-likeness (QED) is 0.294. The normalized spacial score (nSPS) is 18.2. The van der Waals surface area contributed by atoms with E-state index in [0.29, 0.717) is 0 Å². The first-order valence-electron chi connectivity index (χ1n) is 10.4. The van der Waals surface area contributed by atoms with Gasteiger partial charge in [-0.15, -0.1) is 0 Å². The van der Waals surface area contributed by atoms with Crippen molar-refractivity contribution in [3.05, 3.63) is 65.7 Å². The minimum Gasteiger partial charge on any atom is -0.399 e. The summed E-state index contributed by atoms with van der Waals surface area (Å²) in [5.74, 6) is 0. The Labute approximate surface area is 173 Å². The van der Waals surface area contributed by atoms with Crippen molar-refractivity contribution in [2.75, 3.05) is 0 Å². The second kappa shape index (κ2) is 6.07. The maximum Gasteiger partial charge on any atom is 0.494 e. The van der Waals surface area contributed by atoms with E-state index in [2.05, 4.69) is 96.1 Å². The molecule has 0 N–H and O–H groups in total. The minimum absolute atomic E-state index is 0.339. The van der Waals surface area contributed by atoms with Crippen LogP contribution >= 0.6 is 0 Å². The third kappa shape index (κ3) is 2.72. The minimum atomic E-state index is -0.346. The highest BCUT2D eigenvalue weighted by Gasteiger charge is 2.51. The highest BCUT2D eigenvalue weighted by molar-refractivity contribution is 6.62. The topological polar surface area (TPSA) is 18.5 Å². The first-order chi connectivity index (χ1) is 13.7. The van der Waals surface area contributed by atoms with Gasteiger partial charge in [0.25, 0.3) is 0 Å². The van der Waals surface area contributed by atoms with E-state index in [0.717, 1.165) is 5.46 Å². The predicted molar refractivity (Wildman–Crippen MR) is 124 cm³/mol. The van der Waals surface area contributed by atoms with Crippen LogP contribution in [0.2, 0.25) is 0 Å². The maximum absolute atomic E-state index is 6.31. The molecule has 3 heteroatoms. The second-order valence-corrected chi connectivity index (χ2v) is 9.42. The second-order valence-electron chi connectivity index (χ2n) is 9.42. The molecular formula is C26H27BO2. The SMILES string of the molecule is Cc1cc2c3cc(B4OC(C)(C)C(C)(C)O4)ccc3c(C)cc2c2ccccc12. The highest BCUT2D eigenvalue weighted by atomic mass is 16.7. The van der Waals surface area contributed by atoms with Crippen molar-refractivity contribution < 1.29 is 9.31 Å². The van der Waals surface area contributed by atoms with Gasteiger partial charge in [-0.1, -0.05) is 54.6 Å². The van der Waals surface area contributed by atoms with Crippen LogP contribution in [0.5, 0.6) is 0 Å². The van der Waals surface area contributed by atoms with Crippen LogP contribution in [-0.4, -0.2) is 18.3 Å². The molecule has 0 radical (unpaired) electrons. The number of hydrogen-bond acceptors (Lipinski definition) is 2. The van der Waals surface area contributed by atoms with Crippen molar-refractivity contribution in [3.63, 3.8) is 0 Å². The Morgan fingerprint density at radius 3 is 1.69 bits per heavy atom. The first-order valence-corrected chi connectivity index (χ1v) is 10.4. The van der Waals surface area contributed by atoms with Gasteiger partial charge < -0.3 is 9.31 Å². The zero-order valence-electron chi connectivity index (χ0n) is 18.1. The lowest BCUT2D eigenvalue weighted by molar-refractivity contribution is 0.00578. The summed E-state index contributed by atoms with van der Waals surface area (Å²) in [7, 11) is -0.346. The Hall–Kier alpha value is -2.36. The van der Waals surface area contributed by atoms with Crippen LogP contribution in [0.15, 0.2) is 54.6 Å². The third-order valence-corrected chi connectivity index (χ3v) is 6.94. The predicted octanol–water partition coefficient (Wildman–Crippen LogP) is 6.06. The number of aryl methyl sites for hydroxylation is 2. The van der Waals surface area contributed by atoms with E-state index >= 15 is 0 Å². The summed E-state index contributed by atoms with van der Waals surface area (Å²) in [6, 6.07) is 20.0. The van der Waals surface area contributed by atoms with Crippen molar-refractivity contribution in [1.29, 1.82) is 0 Å². The van der Waals surface area contributed by atoms with Crippen molar-refractivity contribution in [1.82, 2.24) is 0 Å². The van der Waals surface area contributed by atoms with Crippen LogP contribution in [-0.2, 0) is 9.31 Å². The van der Waals surface area contributed by atoms with Crippen LogP contribution in [0.3, 0.4) is 0 Å². The van der Waals surface area contributed by atoms with Gasteiger partial charge in [-0.25, -0.2) is 0 Å². The molecule has 0 spiro atoms. The van der Waals surface area contributed by atoms with Gasteiger partial charge in [0.15, 0.2) is 0 Å². The Balaban J connectivity index is 1.78. The Kier molecular flexibility index (Phi) is 3.91. The Morgan fingerprint density at radius 2 is 1.07 bits per heavy atom. The lowest BCUT2D eigenvalue weighted by atomic mass is 9.77. The highest BCUT2D eigenvalue weighted by Crippen LogP contribution is 2.38. The van der Waals surface area contributed by atoms with Gasteiger partial charge in [-0.05, 0) is 90.4 Å². The molecule has 0 amide bonds. The Morgan fingerprint density at radius 1 is 0.586 bits per heavy atom. The molecule has 1 aliphatic rings. The van der Waals surface area contributed by atoms with Gasteiger partial charge in [-0.2, -0.15) is 0 Å². The molecule has 2 nitrogen and oxygen atoms in total. The fourth-order valence-corrected chi connectivity index (χ4v) is 4.51.